The standard InChI is InChI=1S/C33H64O4/c1-3-5-7-9-11-13-15-17-22-26-30-36-32(34)28-24-20-19-21-25-29-33(35)37-31-27-23-18-16-14-12-10-8-6-4-2/h3-31H2,1-2H3. The van der Waals surface area contributed by atoms with Crippen molar-refractivity contribution < 1.29 is 19.1 Å². The first-order valence-corrected chi connectivity index (χ1v) is 16.5. The maximum atomic E-state index is 11.8. The Kier molecular flexibility index (Phi) is 30.3. The summed E-state index contributed by atoms with van der Waals surface area (Å²) >= 11 is 0. The molecule has 220 valence electrons. The Morgan fingerprint density at radius 1 is 0.351 bits per heavy atom. The number of hydrogen-bond acceptors (Lipinski definition) is 4. The van der Waals surface area contributed by atoms with Crippen molar-refractivity contribution >= 4 is 11.9 Å². The lowest BCUT2D eigenvalue weighted by Crippen LogP contribution is -2.06. The summed E-state index contributed by atoms with van der Waals surface area (Å²) in [6, 6.07) is 0. The molecular weight excluding hydrogens is 460 g/mol. The van der Waals surface area contributed by atoms with Crippen molar-refractivity contribution in [3.05, 3.63) is 0 Å². The van der Waals surface area contributed by atoms with Gasteiger partial charge < -0.3 is 9.47 Å². The quantitative estimate of drug-likeness (QED) is 0.0692. The van der Waals surface area contributed by atoms with E-state index in [1.165, 1.54) is 116 Å². The Hall–Kier alpha value is -1.06. The summed E-state index contributed by atoms with van der Waals surface area (Å²) in [5.74, 6) is -0.0991. The van der Waals surface area contributed by atoms with Crippen molar-refractivity contribution in [1.29, 1.82) is 0 Å². The lowest BCUT2D eigenvalue weighted by atomic mass is 10.1. The van der Waals surface area contributed by atoms with Gasteiger partial charge in [-0.3, -0.25) is 9.59 Å². The van der Waals surface area contributed by atoms with Gasteiger partial charge in [-0.1, -0.05) is 149 Å². The number of ether oxygens (including phenoxy) is 2. The Labute approximate surface area is 231 Å². The number of hydrogen-bond donors (Lipinski definition) is 0. The zero-order chi connectivity index (χ0) is 27.1. The van der Waals surface area contributed by atoms with Crippen LogP contribution in [0, 0.1) is 0 Å². The van der Waals surface area contributed by atoms with Crippen molar-refractivity contribution in [2.45, 2.75) is 187 Å². The van der Waals surface area contributed by atoms with Crippen LogP contribution in [0.3, 0.4) is 0 Å². The van der Waals surface area contributed by atoms with Gasteiger partial charge in [-0.25, -0.2) is 0 Å². The van der Waals surface area contributed by atoms with Crippen molar-refractivity contribution in [3.63, 3.8) is 0 Å². The summed E-state index contributed by atoms with van der Waals surface area (Å²) in [6.07, 6.45) is 31.8. The molecule has 0 unspecified atom stereocenters. The third kappa shape index (κ3) is 31.1. The van der Waals surface area contributed by atoms with Crippen molar-refractivity contribution in [2.24, 2.45) is 0 Å². The fourth-order valence-corrected chi connectivity index (χ4v) is 4.76. The van der Waals surface area contributed by atoms with E-state index in [9.17, 15) is 9.59 Å². The van der Waals surface area contributed by atoms with Crippen LogP contribution in [0.5, 0.6) is 0 Å². The number of carbonyl (C=O) groups excluding carboxylic acids is 2. The van der Waals surface area contributed by atoms with E-state index in [0.717, 1.165) is 44.9 Å². The second-order valence-corrected chi connectivity index (χ2v) is 11.1. The Morgan fingerprint density at radius 2 is 0.595 bits per heavy atom. The van der Waals surface area contributed by atoms with Crippen LogP contribution >= 0.6 is 0 Å². The van der Waals surface area contributed by atoms with Crippen LogP contribution < -0.4 is 0 Å². The molecule has 0 saturated heterocycles. The molecule has 0 fully saturated rings. The van der Waals surface area contributed by atoms with E-state index in [1.807, 2.05) is 0 Å². The van der Waals surface area contributed by atoms with Crippen LogP contribution in [-0.4, -0.2) is 25.2 Å². The molecule has 0 radical (unpaired) electrons. The predicted molar refractivity (Wildman–Crippen MR) is 158 cm³/mol. The highest BCUT2D eigenvalue weighted by Crippen LogP contribution is 2.13. The molecule has 0 atom stereocenters. The molecule has 0 aromatic heterocycles. The maximum Gasteiger partial charge on any atom is 0.305 e. The number of carbonyl (C=O) groups is 2. The van der Waals surface area contributed by atoms with E-state index in [4.69, 9.17) is 9.47 Å². The second-order valence-electron chi connectivity index (χ2n) is 11.1. The van der Waals surface area contributed by atoms with Gasteiger partial charge in [0, 0.05) is 12.8 Å². The summed E-state index contributed by atoms with van der Waals surface area (Å²) in [7, 11) is 0. The van der Waals surface area contributed by atoms with Crippen LogP contribution in [0.15, 0.2) is 0 Å². The number of rotatable bonds is 30. The van der Waals surface area contributed by atoms with Crippen molar-refractivity contribution in [1.82, 2.24) is 0 Å². The number of unbranched alkanes of at least 4 members (excludes halogenated alkanes) is 22. The molecule has 37 heavy (non-hydrogen) atoms. The minimum atomic E-state index is -0.0496. The van der Waals surface area contributed by atoms with Gasteiger partial charge in [-0.15, -0.1) is 0 Å². The molecule has 0 spiro atoms. The average molecular weight is 525 g/mol. The zero-order valence-corrected chi connectivity index (χ0v) is 25.1. The molecule has 0 aromatic rings. The average Bonchev–Trinajstić information content (AvgIpc) is 2.89. The van der Waals surface area contributed by atoms with Gasteiger partial charge in [-0.2, -0.15) is 0 Å². The maximum absolute atomic E-state index is 11.8. The first-order chi connectivity index (χ1) is 18.2. The minimum absolute atomic E-state index is 0.0496. The smallest absolute Gasteiger partial charge is 0.305 e. The lowest BCUT2D eigenvalue weighted by molar-refractivity contribution is -0.144. The molecule has 0 amide bonds. The normalized spacial score (nSPS) is 11.1. The van der Waals surface area contributed by atoms with Crippen LogP contribution in [0.4, 0.5) is 0 Å². The lowest BCUT2D eigenvalue weighted by Gasteiger charge is -2.06. The molecular formula is C33H64O4. The molecule has 0 aromatic carbocycles. The molecule has 0 bridgehead atoms. The molecule has 4 nitrogen and oxygen atoms in total. The van der Waals surface area contributed by atoms with E-state index >= 15 is 0 Å². The van der Waals surface area contributed by atoms with Gasteiger partial charge in [0.2, 0.25) is 0 Å². The van der Waals surface area contributed by atoms with Crippen LogP contribution in [-0.2, 0) is 19.1 Å². The largest absolute Gasteiger partial charge is 0.466 e. The fraction of sp³-hybridized carbons (Fsp3) is 0.939. The first kappa shape index (κ1) is 35.9. The van der Waals surface area contributed by atoms with E-state index < -0.39 is 0 Å². The highest BCUT2D eigenvalue weighted by atomic mass is 16.5. The fourth-order valence-electron chi connectivity index (χ4n) is 4.76. The first-order valence-electron chi connectivity index (χ1n) is 16.5. The highest BCUT2D eigenvalue weighted by molar-refractivity contribution is 5.69. The topological polar surface area (TPSA) is 52.6 Å². The van der Waals surface area contributed by atoms with E-state index in [-0.39, 0.29) is 11.9 Å². The van der Waals surface area contributed by atoms with E-state index in [2.05, 4.69) is 13.8 Å². The molecule has 0 rings (SSSR count). The van der Waals surface area contributed by atoms with Crippen molar-refractivity contribution in [3.8, 4) is 0 Å². The van der Waals surface area contributed by atoms with Crippen molar-refractivity contribution in [2.75, 3.05) is 13.2 Å². The SMILES string of the molecule is CCCCCCCCCCCCOC(=O)CCCCCCCC(=O)OCCCCCCCCCCCC. The third-order valence-electron chi connectivity index (χ3n) is 7.28. The Bertz CT molecular complexity index is 435. The molecule has 0 aliphatic rings. The monoisotopic (exact) mass is 524 g/mol. The molecule has 0 saturated carbocycles. The van der Waals surface area contributed by atoms with E-state index in [1.54, 1.807) is 0 Å². The Balaban J connectivity index is 3.26. The summed E-state index contributed by atoms with van der Waals surface area (Å²) in [5.41, 5.74) is 0. The summed E-state index contributed by atoms with van der Waals surface area (Å²) in [6.45, 7) is 5.68. The summed E-state index contributed by atoms with van der Waals surface area (Å²) < 4.78 is 10.7. The second kappa shape index (κ2) is 31.2. The van der Waals surface area contributed by atoms with Crippen LogP contribution in [0.1, 0.15) is 187 Å². The highest BCUT2D eigenvalue weighted by Gasteiger charge is 2.05. The third-order valence-corrected chi connectivity index (χ3v) is 7.28. The molecule has 0 heterocycles. The van der Waals surface area contributed by atoms with Crippen LogP contribution in [0.25, 0.3) is 0 Å². The van der Waals surface area contributed by atoms with Gasteiger partial charge in [0.1, 0.15) is 0 Å². The van der Waals surface area contributed by atoms with Crippen LogP contribution in [0.2, 0.25) is 0 Å². The summed E-state index contributed by atoms with van der Waals surface area (Å²) in [4.78, 5) is 23.7. The number of esters is 2. The molecule has 4 heteroatoms. The van der Waals surface area contributed by atoms with Gasteiger partial charge in [0.15, 0.2) is 0 Å². The zero-order valence-electron chi connectivity index (χ0n) is 25.1. The molecule has 0 aliphatic carbocycles. The molecule has 0 aliphatic heterocycles. The van der Waals surface area contributed by atoms with Gasteiger partial charge in [-0.05, 0) is 25.7 Å². The van der Waals surface area contributed by atoms with Gasteiger partial charge in [0.05, 0.1) is 13.2 Å². The predicted octanol–water partition coefficient (Wildman–Crippen LogP) is 10.6. The van der Waals surface area contributed by atoms with Gasteiger partial charge in [0.25, 0.3) is 0 Å². The Morgan fingerprint density at radius 3 is 0.892 bits per heavy atom. The molecule has 0 N–H and O–H groups in total. The van der Waals surface area contributed by atoms with Gasteiger partial charge >= 0.3 is 11.9 Å². The van der Waals surface area contributed by atoms with E-state index in [0.29, 0.717) is 26.1 Å². The minimum Gasteiger partial charge on any atom is -0.466 e. The summed E-state index contributed by atoms with van der Waals surface area (Å²) in [5, 5.41) is 0.